The molecule has 0 saturated carbocycles. The normalized spacial score (nSPS) is 10.0. The number of hydrogen-bond donors (Lipinski definition) is 1. The van der Waals surface area contributed by atoms with Gasteiger partial charge in [0.1, 0.15) is 0 Å². The molecule has 1 N–H and O–H groups in total. The lowest BCUT2D eigenvalue weighted by Crippen LogP contribution is -2.21. The van der Waals surface area contributed by atoms with Crippen molar-refractivity contribution in [3.8, 4) is 0 Å². The highest BCUT2D eigenvalue weighted by Crippen LogP contribution is 1.83. The molecular formula is C7H10N2O2. The number of nitrogens with zero attached hydrogens (tertiary/aromatic N) is 2. The van der Waals surface area contributed by atoms with Crippen LogP contribution in [0.2, 0.25) is 0 Å². The van der Waals surface area contributed by atoms with Gasteiger partial charge < -0.3 is 5.11 Å². The summed E-state index contributed by atoms with van der Waals surface area (Å²) in [6.45, 7) is 2.03. The molecule has 0 atom stereocenters. The number of aliphatic hydroxyl groups is 1. The van der Waals surface area contributed by atoms with E-state index in [2.05, 4.69) is 4.98 Å². The van der Waals surface area contributed by atoms with Crippen molar-refractivity contribution in [1.82, 2.24) is 9.55 Å². The molecule has 4 heteroatoms. The zero-order valence-corrected chi connectivity index (χ0v) is 6.32. The summed E-state index contributed by atoms with van der Waals surface area (Å²) in [5.74, 6) is 0. The maximum absolute atomic E-state index is 11.0. The molecule has 0 radical (unpaired) electrons. The second-order valence-corrected chi connectivity index (χ2v) is 2.29. The summed E-state index contributed by atoms with van der Waals surface area (Å²) in [5, 5.41) is 8.53. The fourth-order valence-corrected chi connectivity index (χ4v) is 0.792. The second-order valence-electron chi connectivity index (χ2n) is 2.29. The number of hydrogen-bond acceptors (Lipinski definition) is 3. The quantitative estimate of drug-likeness (QED) is 0.627. The average Bonchev–Trinajstić information content (AvgIpc) is 1.95. The fraction of sp³-hybridized carbons (Fsp3) is 0.429. The van der Waals surface area contributed by atoms with E-state index in [1.807, 2.05) is 0 Å². The summed E-state index contributed by atoms with van der Waals surface area (Å²) in [6, 6.07) is 1.44. The lowest BCUT2D eigenvalue weighted by atomic mass is 10.4. The number of aromatic nitrogens is 2. The van der Waals surface area contributed by atoms with E-state index in [1.54, 1.807) is 6.92 Å². The molecule has 0 aromatic carbocycles. The molecule has 0 saturated heterocycles. The largest absolute Gasteiger partial charge is 0.395 e. The van der Waals surface area contributed by atoms with Crippen LogP contribution in [0.4, 0.5) is 0 Å². The predicted octanol–water partition coefficient (Wildman–Crippen LogP) is -0.456. The molecule has 0 unspecified atom stereocenters. The second kappa shape index (κ2) is 3.30. The molecule has 0 aliphatic heterocycles. The van der Waals surface area contributed by atoms with Crippen LogP contribution in [0.25, 0.3) is 0 Å². The molecule has 11 heavy (non-hydrogen) atoms. The Kier molecular flexibility index (Phi) is 2.38. The minimum atomic E-state index is -0.119. The highest BCUT2D eigenvalue weighted by atomic mass is 16.3. The van der Waals surface area contributed by atoms with Crippen LogP contribution in [0.5, 0.6) is 0 Å². The van der Waals surface area contributed by atoms with Crippen molar-refractivity contribution in [2.45, 2.75) is 13.5 Å². The summed E-state index contributed by atoms with van der Waals surface area (Å²) in [4.78, 5) is 15.0. The van der Waals surface area contributed by atoms with Crippen molar-refractivity contribution in [3.05, 3.63) is 28.4 Å². The summed E-state index contributed by atoms with van der Waals surface area (Å²) in [7, 11) is 0. The zero-order chi connectivity index (χ0) is 8.27. The van der Waals surface area contributed by atoms with Gasteiger partial charge in [0.2, 0.25) is 0 Å². The minimum Gasteiger partial charge on any atom is -0.395 e. The number of aryl methyl sites for hydroxylation is 1. The predicted molar refractivity (Wildman–Crippen MR) is 40.3 cm³/mol. The third-order valence-electron chi connectivity index (χ3n) is 1.36. The van der Waals surface area contributed by atoms with Crippen molar-refractivity contribution in [1.29, 1.82) is 0 Å². The fourth-order valence-electron chi connectivity index (χ4n) is 0.792. The van der Waals surface area contributed by atoms with E-state index >= 15 is 0 Å². The Morgan fingerprint density at radius 3 is 3.00 bits per heavy atom. The molecule has 60 valence electrons. The van der Waals surface area contributed by atoms with Crippen LogP contribution >= 0.6 is 0 Å². The highest BCUT2D eigenvalue weighted by Gasteiger charge is 1.93. The Hall–Kier alpha value is -1.16. The lowest BCUT2D eigenvalue weighted by molar-refractivity contribution is 0.273. The molecule has 0 aliphatic rings. The van der Waals surface area contributed by atoms with Gasteiger partial charge in [-0.05, 0) is 6.92 Å². The van der Waals surface area contributed by atoms with Gasteiger partial charge in [0.05, 0.1) is 19.5 Å². The van der Waals surface area contributed by atoms with E-state index in [4.69, 9.17) is 5.11 Å². The maximum atomic E-state index is 11.0. The molecule has 1 rings (SSSR count). The Bertz CT molecular complexity index is 293. The van der Waals surface area contributed by atoms with E-state index in [-0.39, 0.29) is 12.2 Å². The first-order chi connectivity index (χ1) is 5.24. The Balaban J connectivity index is 3.00. The van der Waals surface area contributed by atoms with Gasteiger partial charge in [0.25, 0.3) is 5.56 Å². The van der Waals surface area contributed by atoms with Crippen molar-refractivity contribution >= 4 is 0 Å². The molecule has 1 heterocycles. The molecule has 0 fully saturated rings. The van der Waals surface area contributed by atoms with Crippen LogP contribution in [-0.4, -0.2) is 21.3 Å². The minimum absolute atomic E-state index is 0.0371. The van der Waals surface area contributed by atoms with Crippen LogP contribution in [0.15, 0.2) is 17.2 Å². The summed E-state index contributed by atoms with van der Waals surface area (Å²) in [5.41, 5.74) is 0.579. The first-order valence-corrected chi connectivity index (χ1v) is 3.38. The van der Waals surface area contributed by atoms with Crippen LogP contribution in [0.1, 0.15) is 5.69 Å². The van der Waals surface area contributed by atoms with Crippen LogP contribution in [0, 0.1) is 6.92 Å². The van der Waals surface area contributed by atoms with E-state index in [0.29, 0.717) is 12.2 Å². The smallest absolute Gasteiger partial charge is 0.253 e. The first-order valence-electron chi connectivity index (χ1n) is 3.38. The van der Waals surface area contributed by atoms with Gasteiger partial charge in [-0.15, -0.1) is 0 Å². The van der Waals surface area contributed by atoms with Crippen molar-refractivity contribution in [2.24, 2.45) is 0 Å². The van der Waals surface area contributed by atoms with Gasteiger partial charge in [-0.1, -0.05) is 0 Å². The van der Waals surface area contributed by atoms with E-state index in [1.165, 1.54) is 17.0 Å². The van der Waals surface area contributed by atoms with Crippen molar-refractivity contribution in [2.75, 3.05) is 6.61 Å². The van der Waals surface area contributed by atoms with Crippen LogP contribution < -0.4 is 5.56 Å². The van der Waals surface area contributed by atoms with Crippen molar-refractivity contribution < 1.29 is 5.11 Å². The first kappa shape index (κ1) is 7.94. The van der Waals surface area contributed by atoms with E-state index in [9.17, 15) is 4.79 Å². The molecule has 4 nitrogen and oxygen atoms in total. The lowest BCUT2D eigenvalue weighted by Gasteiger charge is -2.00. The van der Waals surface area contributed by atoms with Gasteiger partial charge in [-0.2, -0.15) is 0 Å². The van der Waals surface area contributed by atoms with E-state index in [0.717, 1.165) is 0 Å². The Labute approximate surface area is 64.1 Å². The van der Waals surface area contributed by atoms with Crippen LogP contribution in [-0.2, 0) is 6.54 Å². The molecular weight excluding hydrogens is 144 g/mol. The highest BCUT2D eigenvalue weighted by molar-refractivity contribution is 4.95. The monoisotopic (exact) mass is 154 g/mol. The SMILES string of the molecule is Cc1cc(=O)n(CCO)cn1. The molecule has 0 bridgehead atoms. The topological polar surface area (TPSA) is 55.1 Å². The molecule has 1 aromatic rings. The maximum Gasteiger partial charge on any atom is 0.253 e. The third kappa shape index (κ3) is 1.88. The number of aliphatic hydroxyl groups excluding tert-OH is 1. The average molecular weight is 154 g/mol. The molecule has 0 aliphatic carbocycles. The molecule has 0 spiro atoms. The Morgan fingerprint density at radius 1 is 1.73 bits per heavy atom. The summed E-state index contributed by atoms with van der Waals surface area (Å²) in [6.07, 6.45) is 1.44. The summed E-state index contributed by atoms with van der Waals surface area (Å²) >= 11 is 0. The molecule has 1 aromatic heterocycles. The van der Waals surface area contributed by atoms with Crippen molar-refractivity contribution in [3.63, 3.8) is 0 Å². The van der Waals surface area contributed by atoms with Gasteiger partial charge in [-0.25, -0.2) is 4.98 Å². The van der Waals surface area contributed by atoms with Gasteiger partial charge in [-0.3, -0.25) is 9.36 Å². The molecule has 0 amide bonds. The third-order valence-corrected chi connectivity index (χ3v) is 1.36. The van der Waals surface area contributed by atoms with E-state index < -0.39 is 0 Å². The zero-order valence-electron chi connectivity index (χ0n) is 6.32. The van der Waals surface area contributed by atoms with Gasteiger partial charge in [0.15, 0.2) is 0 Å². The Morgan fingerprint density at radius 2 is 2.45 bits per heavy atom. The van der Waals surface area contributed by atoms with Crippen LogP contribution in [0.3, 0.4) is 0 Å². The summed E-state index contributed by atoms with van der Waals surface area (Å²) < 4.78 is 1.37. The number of rotatable bonds is 2. The van der Waals surface area contributed by atoms with Gasteiger partial charge >= 0.3 is 0 Å². The van der Waals surface area contributed by atoms with Gasteiger partial charge in [0, 0.05) is 11.8 Å². The standard InChI is InChI=1S/C7H10N2O2/c1-6-4-7(11)9(2-3-10)5-8-6/h4-5,10H,2-3H2,1H3.